The summed E-state index contributed by atoms with van der Waals surface area (Å²) in [5.74, 6) is -2.77. The van der Waals surface area contributed by atoms with E-state index >= 15 is 0 Å². The van der Waals surface area contributed by atoms with E-state index in [1.54, 1.807) is 7.11 Å². The zero-order valence-corrected chi connectivity index (χ0v) is 15.8. The lowest BCUT2D eigenvalue weighted by molar-refractivity contribution is -0.159. The molecule has 148 valence electrons. The summed E-state index contributed by atoms with van der Waals surface area (Å²) in [6, 6.07) is 23.0. The van der Waals surface area contributed by atoms with Crippen molar-refractivity contribution in [2.24, 2.45) is 4.99 Å². The van der Waals surface area contributed by atoms with Gasteiger partial charge in [0.2, 0.25) is 0 Å². The number of carboxylic acids is 2. The van der Waals surface area contributed by atoms with E-state index in [1.807, 2.05) is 18.2 Å². The summed E-state index contributed by atoms with van der Waals surface area (Å²) in [4.78, 5) is 23.0. The largest absolute Gasteiger partial charge is 0.497 e. The summed E-state index contributed by atoms with van der Waals surface area (Å²) in [6.07, 6.45) is 0. The smallest absolute Gasteiger partial charge is 0.414 e. The van der Waals surface area contributed by atoms with Crippen molar-refractivity contribution in [2.45, 2.75) is 6.54 Å². The van der Waals surface area contributed by atoms with Gasteiger partial charge in [0, 0.05) is 17.8 Å². The van der Waals surface area contributed by atoms with E-state index in [0.717, 1.165) is 24.6 Å². The Morgan fingerprint density at radius 1 is 0.862 bits per heavy atom. The third-order valence-electron chi connectivity index (χ3n) is 4.43. The lowest BCUT2D eigenvalue weighted by Gasteiger charge is -2.19. The molecule has 0 fully saturated rings. The Labute approximate surface area is 167 Å². The molecular weight excluding hydrogens is 372 g/mol. The molecule has 1 aliphatic heterocycles. The molecule has 2 N–H and O–H groups in total. The van der Waals surface area contributed by atoms with Gasteiger partial charge in [0.05, 0.1) is 25.1 Å². The summed E-state index contributed by atoms with van der Waals surface area (Å²) in [6.45, 7) is 1.73. The first-order valence-electron chi connectivity index (χ1n) is 8.91. The third-order valence-corrected chi connectivity index (χ3v) is 4.43. The molecule has 0 spiro atoms. The molecule has 7 heteroatoms. The minimum Gasteiger partial charge on any atom is -0.497 e. The van der Waals surface area contributed by atoms with Crippen molar-refractivity contribution in [3.05, 3.63) is 78.0 Å². The highest BCUT2D eigenvalue weighted by molar-refractivity contribution is 6.27. The average Bonchev–Trinajstić information content (AvgIpc) is 3.19. The van der Waals surface area contributed by atoms with Crippen molar-refractivity contribution in [1.29, 1.82) is 0 Å². The minimum absolute atomic E-state index is 0.815. The second kappa shape index (κ2) is 8.88. The number of hydrogen-bond acceptors (Lipinski definition) is 4. The number of nitrogens with zero attached hydrogens (tertiary/aromatic N) is 2. The Bertz CT molecular complexity index is 1020. The summed E-state index contributed by atoms with van der Waals surface area (Å²) < 4.78 is 7.61. The Morgan fingerprint density at radius 2 is 1.48 bits per heavy atom. The van der Waals surface area contributed by atoms with Crippen LogP contribution in [0.5, 0.6) is 5.75 Å². The number of aliphatic carboxylic acids is 2. The molecule has 2 aromatic carbocycles. The molecule has 1 aromatic heterocycles. The van der Waals surface area contributed by atoms with Crippen molar-refractivity contribution in [1.82, 2.24) is 4.57 Å². The highest BCUT2D eigenvalue weighted by Gasteiger charge is 2.18. The number of fused-ring (bicyclic) bond motifs is 1. The molecular formula is C22H20N2O5. The third kappa shape index (κ3) is 4.52. The molecule has 29 heavy (non-hydrogen) atoms. The maximum absolute atomic E-state index is 9.10. The molecule has 0 atom stereocenters. The van der Waals surface area contributed by atoms with Crippen molar-refractivity contribution in [3.63, 3.8) is 0 Å². The Kier molecular flexibility index (Phi) is 6.09. The van der Waals surface area contributed by atoms with E-state index in [0.29, 0.717) is 0 Å². The Morgan fingerprint density at radius 3 is 2.07 bits per heavy atom. The van der Waals surface area contributed by atoms with Crippen molar-refractivity contribution >= 4 is 17.7 Å². The Balaban J connectivity index is 0.000000353. The van der Waals surface area contributed by atoms with Crippen LogP contribution in [0.1, 0.15) is 11.3 Å². The minimum atomic E-state index is -1.82. The van der Waals surface area contributed by atoms with Crippen LogP contribution in [-0.4, -0.2) is 46.1 Å². The molecule has 7 nitrogen and oxygen atoms in total. The topological polar surface area (TPSA) is 101 Å². The van der Waals surface area contributed by atoms with Crippen molar-refractivity contribution < 1.29 is 24.5 Å². The normalized spacial score (nSPS) is 12.1. The van der Waals surface area contributed by atoms with Gasteiger partial charge < -0.3 is 19.5 Å². The van der Waals surface area contributed by atoms with Crippen LogP contribution in [0.3, 0.4) is 0 Å². The first kappa shape index (κ1) is 19.9. The zero-order chi connectivity index (χ0) is 20.8. The van der Waals surface area contributed by atoms with E-state index in [2.05, 4.69) is 53.1 Å². The molecule has 0 amide bonds. The van der Waals surface area contributed by atoms with Gasteiger partial charge in [-0.15, -0.1) is 0 Å². The van der Waals surface area contributed by atoms with Crippen molar-refractivity contribution in [3.8, 4) is 17.0 Å². The van der Waals surface area contributed by atoms with Gasteiger partial charge in [0.15, 0.2) is 0 Å². The maximum atomic E-state index is 9.10. The molecule has 0 saturated heterocycles. The molecule has 0 radical (unpaired) electrons. The molecule has 3 aromatic rings. The van der Waals surface area contributed by atoms with Crippen LogP contribution in [0.4, 0.5) is 0 Å². The summed E-state index contributed by atoms with van der Waals surface area (Å²) in [5, 5.41) is 14.8. The molecule has 0 saturated carbocycles. The van der Waals surface area contributed by atoms with Crippen LogP contribution in [0.25, 0.3) is 11.3 Å². The van der Waals surface area contributed by atoms with Crippen molar-refractivity contribution in [2.75, 3.05) is 13.7 Å². The summed E-state index contributed by atoms with van der Waals surface area (Å²) in [5.41, 5.74) is 5.87. The lowest BCUT2D eigenvalue weighted by Crippen LogP contribution is -2.19. The standard InChI is InChI=1S/C20H18N2O.C2H2O4/c1-23-17-9-7-15(8-10-17)18-11-12-19-20(21-13-14-22(18)19)16-5-3-2-4-6-16;3-1(4)2(5)6/h2-12H,13-14H2,1H3;(H,3,4)(H,5,6). The van der Waals surface area contributed by atoms with Gasteiger partial charge in [0.25, 0.3) is 0 Å². The fraction of sp³-hybridized carbons (Fsp3) is 0.136. The first-order valence-corrected chi connectivity index (χ1v) is 8.91. The van der Waals surface area contributed by atoms with Crippen LogP contribution in [0.15, 0.2) is 71.7 Å². The SMILES string of the molecule is COc1ccc(-c2ccc3n2CCN=C3c2ccccc2)cc1.O=C(O)C(=O)O. The maximum Gasteiger partial charge on any atom is 0.414 e. The molecule has 0 bridgehead atoms. The molecule has 0 unspecified atom stereocenters. The van der Waals surface area contributed by atoms with E-state index in [1.165, 1.54) is 22.5 Å². The van der Waals surface area contributed by atoms with Gasteiger partial charge in [0.1, 0.15) is 5.75 Å². The van der Waals surface area contributed by atoms with Crippen LogP contribution in [0, 0.1) is 0 Å². The highest BCUT2D eigenvalue weighted by atomic mass is 16.5. The van der Waals surface area contributed by atoms with E-state index in [9.17, 15) is 0 Å². The summed E-state index contributed by atoms with van der Waals surface area (Å²) in [7, 11) is 1.69. The van der Waals surface area contributed by atoms with Crippen LogP contribution < -0.4 is 4.74 Å². The van der Waals surface area contributed by atoms with Gasteiger partial charge in [-0.3, -0.25) is 4.99 Å². The molecule has 1 aliphatic rings. The zero-order valence-electron chi connectivity index (χ0n) is 15.8. The van der Waals surface area contributed by atoms with E-state index in [4.69, 9.17) is 29.5 Å². The van der Waals surface area contributed by atoms with Crippen LogP contribution >= 0.6 is 0 Å². The van der Waals surface area contributed by atoms with Gasteiger partial charge >= 0.3 is 11.9 Å². The number of ether oxygens (including phenoxy) is 1. The van der Waals surface area contributed by atoms with Gasteiger partial charge in [-0.2, -0.15) is 0 Å². The summed E-state index contributed by atoms with van der Waals surface area (Å²) >= 11 is 0. The number of carboxylic acid groups (broad SMARTS) is 2. The number of methoxy groups -OCH3 is 1. The first-order chi connectivity index (χ1) is 14.0. The molecule has 2 heterocycles. The molecule has 0 aliphatic carbocycles. The van der Waals surface area contributed by atoms with Gasteiger partial charge in [-0.1, -0.05) is 30.3 Å². The monoisotopic (exact) mass is 392 g/mol. The fourth-order valence-electron chi connectivity index (χ4n) is 3.11. The predicted octanol–water partition coefficient (Wildman–Crippen LogP) is 3.17. The second-order valence-corrected chi connectivity index (χ2v) is 6.19. The van der Waals surface area contributed by atoms with E-state index < -0.39 is 11.9 Å². The quantitative estimate of drug-likeness (QED) is 0.667. The fourth-order valence-corrected chi connectivity index (χ4v) is 3.11. The number of hydrogen-bond donors (Lipinski definition) is 2. The predicted molar refractivity (Wildman–Crippen MR) is 109 cm³/mol. The van der Waals surface area contributed by atoms with Gasteiger partial charge in [-0.05, 0) is 42.0 Å². The number of carbonyl (C=O) groups is 2. The number of aliphatic imine (C=N–C) groups is 1. The average molecular weight is 392 g/mol. The van der Waals surface area contributed by atoms with Crippen LogP contribution in [0.2, 0.25) is 0 Å². The second-order valence-electron chi connectivity index (χ2n) is 6.19. The van der Waals surface area contributed by atoms with Crippen LogP contribution in [-0.2, 0) is 16.1 Å². The lowest BCUT2D eigenvalue weighted by atomic mass is 10.1. The number of benzene rings is 2. The Hall–Kier alpha value is -3.87. The van der Waals surface area contributed by atoms with Gasteiger partial charge in [-0.25, -0.2) is 9.59 Å². The number of rotatable bonds is 3. The highest BCUT2D eigenvalue weighted by Crippen LogP contribution is 2.28. The van der Waals surface area contributed by atoms with E-state index in [-0.39, 0.29) is 0 Å². The number of aromatic nitrogens is 1. The molecule has 4 rings (SSSR count).